The van der Waals surface area contributed by atoms with Crippen molar-refractivity contribution in [2.45, 2.75) is 10.6 Å². The molecule has 0 spiro atoms. The molecule has 2 rings (SSSR count). The number of sulfone groups is 1. The van der Waals surface area contributed by atoms with Gasteiger partial charge in [-0.3, -0.25) is 0 Å². The maximum Gasteiger partial charge on any atom is 0.182 e. The van der Waals surface area contributed by atoms with Crippen LogP contribution < -0.4 is 0 Å². The van der Waals surface area contributed by atoms with E-state index in [2.05, 4.69) is 0 Å². The summed E-state index contributed by atoms with van der Waals surface area (Å²) >= 11 is 0. The molecule has 0 heterocycles. The van der Waals surface area contributed by atoms with E-state index in [1.165, 1.54) is 12.1 Å². The topological polar surface area (TPSA) is 34.1 Å². The van der Waals surface area contributed by atoms with Gasteiger partial charge < -0.3 is 0 Å². The average Bonchev–Trinajstić information content (AvgIpc) is 2.30. The monoisotopic (exact) mass is 250 g/mol. The quantitative estimate of drug-likeness (QED) is 0.785. The predicted molar refractivity (Wildman–Crippen MR) is 63.7 cm³/mol. The van der Waals surface area contributed by atoms with Gasteiger partial charge in [-0.2, -0.15) is 0 Å². The van der Waals surface area contributed by atoms with Crippen molar-refractivity contribution in [2.24, 2.45) is 0 Å². The van der Waals surface area contributed by atoms with E-state index in [0.29, 0.717) is 0 Å². The second-order valence-electron chi connectivity index (χ2n) is 3.70. The van der Waals surface area contributed by atoms with Gasteiger partial charge in [0.25, 0.3) is 0 Å². The zero-order valence-electron chi connectivity index (χ0n) is 9.01. The summed E-state index contributed by atoms with van der Waals surface area (Å²) in [5.41, 5.74) is 0.719. The standard InChI is InChI=1S/C13H11FO2S/c14-12-6-8-13(9-7-12)17(15,16)10-11-4-2-1-3-5-11/h1-9H,10H2. The molecule has 0 amide bonds. The largest absolute Gasteiger partial charge is 0.223 e. The normalized spacial score (nSPS) is 11.4. The summed E-state index contributed by atoms with van der Waals surface area (Å²) in [5.74, 6) is -0.511. The lowest BCUT2D eigenvalue weighted by Crippen LogP contribution is -2.04. The van der Waals surface area contributed by atoms with Crippen molar-refractivity contribution >= 4 is 9.84 Å². The lowest BCUT2D eigenvalue weighted by Gasteiger charge is -2.04. The fourth-order valence-electron chi connectivity index (χ4n) is 1.52. The van der Waals surface area contributed by atoms with Crippen molar-refractivity contribution in [3.8, 4) is 0 Å². The van der Waals surface area contributed by atoms with Gasteiger partial charge in [-0.1, -0.05) is 30.3 Å². The highest BCUT2D eigenvalue weighted by atomic mass is 32.2. The molecule has 2 aromatic rings. The minimum absolute atomic E-state index is 0.0700. The smallest absolute Gasteiger partial charge is 0.182 e. The van der Waals surface area contributed by atoms with Gasteiger partial charge in [0.05, 0.1) is 10.6 Å². The average molecular weight is 250 g/mol. The van der Waals surface area contributed by atoms with Crippen LogP contribution in [-0.2, 0) is 15.6 Å². The Morgan fingerprint density at radius 3 is 2.06 bits per heavy atom. The van der Waals surface area contributed by atoms with E-state index < -0.39 is 15.7 Å². The Morgan fingerprint density at radius 2 is 1.47 bits per heavy atom. The molecule has 4 heteroatoms. The second kappa shape index (κ2) is 4.67. The highest BCUT2D eigenvalue weighted by molar-refractivity contribution is 7.90. The molecule has 2 aromatic carbocycles. The third kappa shape index (κ3) is 2.91. The van der Waals surface area contributed by atoms with Crippen LogP contribution in [0.25, 0.3) is 0 Å². The number of hydrogen-bond donors (Lipinski definition) is 0. The fraction of sp³-hybridized carbons (Fsp3) is 0.0769. The molecule has 0 aromatic heterocycles. The maximum atomic E-state index is 12.7. The summed E-state index contributed by atoms with van der Waals surface area (Å²) in [6.07, 6.45) is 0. The van der Waals surface area contributed by atoms with Crippen molar-refractivity contribution < 1.29 is 12.8 Å². The number of rotatable bonds is 3. The van der Waals surface area contributed by atoms with Crippen molar-refractivity contribution in [2.75, 3.05) is 0 Å². The van der Waals surface area contributed by atoms with Gasteiger partial charge in [0.15, 0.2) is 9.84 Å². The lowest BCUT2D eigenvalue weighted by atomic mass is 10.2. The van der Waals surface area contributed by atoms with Gasteiger partial charge >= 0.3 is 0 Å². The van der Waals surface area contributed by atoms with Gasteiger partial charge in [-0.25, -0.2) is 12.8 Å². The summed E-state index contributed by atoms with van der Waals surface area (Å²) in [6, 6.07) is 13.8. The summed E-state index contributed by atoms with van der Waals surface area (Å²) in [5, 5.41) is 0. The zero-order valence-corrected chi connectivity index (χ0v) is 9.82. The van der Waals surface area contributed by atoms with Crippen LogP contribution >= 0.6 is 0 Å². The summed E-state index contributed by atoms with van der Waals surface area (Å²) in [6.45, 7) is 0. The number of benzene rings is 2. The summed E-state index contributed by atoms with van der Waals surface area (Å²) in [4.78, 5) is 0.141. The maximum absolute atomic E-state index is 12.7. The van der Waals surface area contributed by atoms with Crippen LogP contribution in [0.15, 0.2) is 59.5 Å². The third-order valence-corrected chi connectivity index (χ3v) is 4.08. The van der Waals surface area contributed by atoms with E-state index in [0.717, 1.165) is 17.7 Å². The van der Waals surface area contributed by atoms with Gasteiger partial charge in [-0.15, -0.1) is 0 Å². The molecular weight excluding hydrogens is 239 g/mol. The van der Waals surface area contributed by atoms with Gasteiger partial charge in [0.2, 0.25) is 0 Å². The molecule has 0 aliphatic carbocycles. The van der Waals surface area contributed by atoms with Crippen molar-refractivity contribution in [3.05, 3.63) is 66.0 Å². The molecule has 0 fully saturated rings. The Bertz CT molecular complexity index is 589. The van der Waals surface area contributed by atoms with Crippen LogP contribution in [0.5, 0.6) is 0 Å². The number of hydrogen-bond acceptors (Lipinski definition) is 2. The molecular formula is C13H11FO2S. The minimum Gasteiger partial charge on any atom is -0.223 e. The molecule has 0 aliphatic heterocycles. The lowest BCUT2D eigenvalue weighted by molar-refractivity contribution is 0.594. The van der Waals surface area contributed by atoms with E-state index >= 15 is 0 Å². The molecule has 0 atom stereocenters. The minimum atomic E-state index is -3.40. The molecule has 0 saturated heterocycles. The van der Waals surface area contributed by atoms with E-state index in [9.17, 15) is 12.8 Å². The van der Waals surface area contributed by atoms with Gasteiger partial charge in [0.1, 0.15) is 5.82 Å². The Labute approximate surface area is 99.6 Å². The van der Waals surface area contributed by atoms with E-state index in [1.54, 1.807) is 24.3 Å². The third-order valence-electron chi connectivity index (χ3n) is 2.37. The second-order valence-corrected chi connectivity index (χ2v) is 5.69. The van der Waals surface area contributed by atoms with E-state index in [4.69, 9.17) is 0 Å². The first-order chi connectivity index (χ1) is 8.08. The highest BCUT2D eigenvalue weighted by Crippen LogP contribution is 2.16. The Morgan fingerprint density at radius 1 is 0.882 bits per heavy atom. The Balaban J connectivity index is 2.29. The molecule has 0 saturated carbocycles. The van der Waals surface area contributed by atoms with E-state index in [1.807, 2.05) is 6.07 Å². The molecule has 0 bridgehead atoms. The van der Waals surface area contributed by atoms with Crippen LogP contribution in [0.1, 0.15) is 5.56 Å². The summed E-state index contributed by atoms with van der Waals surface area (Å²) in [7, 11) is -3.40. The highest BCUT2D eigenvalue weighted by Gasteiger charge is 2.14. The predicted octanol–water partition coefficient (Wildman–Crippen LogP) is 2.80. The van der Waals surface area contributed by atoms with Crippen LogP contribution in [0.4, 0.5) is 4.39 Å². The molecule has 2 nitrogen and oxygen atoms in total. The van der Waals surface area contributed by atoms with Gasteiger partial charge in [-0.05, 0) is 29.8 Å². The first kappa shape index (κ1) is 11.8. The molecule has 0 radical (unpaired) electrons. The van der Waals surface area contributed by atoms with Crippen LogP contribution in [0.3, 0.4) is 0 Å². The molecule has 17 heavy (non-hydrogen) atoms. The zero-order chi connectivity index (χ0) is 12.3. The van der Waals surface area contributed by atoms with Gasteiger partial charge in [0, 0.05) is 0 Å². The molecule has 88 valence electrons. The fourth-order valence-corrected chi connectivity index (χ4v) is 2.87. The van der Waals surface area contributed by atoms with Crippen LogP contribution in [-0.4, -0.2) is 8.42 Å². The Kier molecular flexibility index (Phi) is 3.24. The van der Waals surface area contributed by atoms with Crippen LogP contribution in [0, 0.1) is 5.82 Å². The SMILES string of the molecule is O=S(=O)(Cc1ccccc1)c1ccc(F)cc1. The molecule has 0 N–H and O–H groups in total. The molecule has 0 unspecified atom stereocenters. The summed E-state index contributed by atoms with van der Waals surface area (Å²) < 4.78 is 36.7. The van der Waals surface area contributed by atoms with E-state index in [-0.39, 0.29) is 10.6 Å². The van der Waals surface area contributed by atoms with Crippen molar-refractivity contribution in [1.29, 1.82) is 0 Å². The van der Waals surface area contributed by atoms with Crippen LogP contribution in [0.2, 0.25) is 0 Å². The van der Waals surface area contributed by atoms with Crippen molar-refractivity contribution in [1.82, 2.24) is 0 Å². The first-order valence-electron chi connectivity index (χ1n) is 5.10. The van der Waals surface area contributed by atoms with Crippen molar-refractivity contribution in [3.63, 3.8) is 0 Å². The number of halogens is 1. The molecule has 0 aliphatic rings. The Hall–Kier alpha value is -1.68. The first-order valence-corrected chi connectivity index (χ1v) is 6.75.